The third kappa shape index (κ3) is 3.34. The lowest BCUT2D eigenvalue weighted by molar-refractivity contribution is 0.623. The Kier molecular flexibility index (Phi) is 4.55. The Labute approximate surface area is 114 Å². The van der Waals surface area contributed by atoms with E-state index in [1.807, 2.05) is 11.6 Å². The van der Waals surface area contributed by atoms with Gasteiger partial charge in [0.05, 0.1) is 0 Å². The largest absolute Gasteiger partial charge is 0.382 e. The number of anilines is 1. The van der Waals surface area contributed by atoms with Crippen LogP contribution in [0.25, 0.3) is 11.4 Å². The van der Waals surface area contributed by atoms with E-state index >= 15 is 0 Å². The van der Waals surface area contributed by atoms with Crippen LogP contribution in [0.1, 0.15) is 33.1 Å². The molecule has 2 aromatic rings. The van der Waals surface area contributed by atoms with E-state index in [1.54, 1.807) is 6.33 Å². The summed E-state index contributed by atoms with van der Waals surface area (Å²) in [5, 5.41) is 11.6. The predicted molar refractivity (Wildman–Crippen MR) is 79.0 cm³/mol. The fourth-order valence-corrected chi connectivity index (χ4v) is 2.22. The molecule has 0 saturated carbocycles. The number of aromatic nitrogens is 3. The van der Waals surface area contributed by atoms with Gasteiger partial charge in [-0.25, -0.2) is 0 Å². The lowest BCUT2D eigenvalue weighted by atomic mass is 10.1. The summed E-state index contributed by atoms with van der Waals surface area (Å²) in [5.74, 6) is 0.896. The average molecular weight is 258 g/mol. The first kappa shape index (κ1) is 13.6. The molecule has 0 spiro atoms. The Hall–Kier alpha value is -1.84. The summed E-state index contributed by atoms with van der Waals surface area (Å²) >= 11 is 0. The lowest BCUT2D eigenvalue weighted by Gasteiger charge is -2.17. The van der Waals surface area contributed by atoms with E-state index in [0.29, 0.717) is 6.04 Å². The number of nitrogens with one attached hydrogen (secondary N) is 1. The van der Waals surface area contributed by atoms with Crippen LogP contribution in [0.3, 0.4) is 0 Å². The number of nitrogens with zero attached hydrogens (tertiary/aromatic N) is 3. The van der Waals surface area contributed by atoms with Crippen LogP contribution >= 0.6 is 0 Å². The second-order valence-corrected chi connectivity index (χ2v) is 4.88. The molecule has 0 fully saturated rings. The van der Waals surface area contributed by atoms with Crippen molar-refractivity contribution in [3.63, 3.8) is 0 Å². The van der Waals surface area contributed by atoms with Crippen molar-refractivity contribution in [3.8, 4) is 11.4 Å². The van der Waals surface area contributed by atoms with Crippen molar-refractivity contribution in [2.24, 2.45) is 7.05 Å². The van der Waals surface area contributed by atoms with Crippen LogP contribution in [-0.4, -0.2) is 20.8 Å². The van der Waals surface area contributed by atoms with Crippen molar-refractivity contribution in [1.29, 1.82) is 0 Å². The number of hydrogen-bond acceptors (Lipinski definition) is 3. The fourth-order valence-electron chi connectivity index (χ4n) is 2.22. The Morgan fingerprint density at radius 3 is 2.47 bits per heavy atom. The first-order valence-corrected chi connectivity index (χ1v) is 6.95. The van der Waals surface area contributed by atoms with E-state index in [9.17, 15) is 0 Å². The normalized spacial score (nSPS) is 12.4. The molecule has 0 aliphatic carbocycles. The standard InChI is InChI=1S/C15H22N4/c1-4-6-13(5-2)17-14-9-7-12(8-10-14)15-18-16-11-19(15)3/h7-11,13,17H,4-6H2,1-3H3. The monoisotopic (exact) mass is 258 g/mol. The van der Waals surface area contributed by atoms with Crippen LogP contribution in [0.2, 0.25) is 0 Å². The topological polar surface area (TPSA) is 42.7 Å². The van der Waals surface area contributed by atoms with Gasteiger partial charge in [0.25, 0.3) is 0 Å². The molecule has 1 heterocycles. The minimum absolute atomic E-state index is 0.561. The van der Waals surface area contributed by atoms with Crippen LogP contribution in [0.4, 0.5) is 5.69 Å². The molecule has 0 amide bonds. The highest BCUT2D eigenvalue weighted by molar-refractivity contribution is 5.59. The van der Waals surface area contributed by atoms with Gasteiger partial charge in [-0.2, -0.15) is 0 Å². The van der Waals surface area contributed by atoms with Gasteiger partial charge in [0, 0.05) is 24.3 Å². The number of rotatable bonds is 6. The quantitative estimate of drug-likeness (QED) is 0.862. The Morgan fingerprint density at radius 1 is 1.21 bits per heavy atom. The number of benzene rings is 1. The van der Waals surface area contributed by atoms with Gasteiger partial charge in [-0.1, -0.05) is 20.3 Å². The Balaban J connectivity index is 2.08. The number of aryl methyl sites for hydroxylation is 1. The maximum absolute atomic E-state index is 4.11. The van der Waals surface area contributed by atoms with Crippen molar-refractivity contribution >= 4 is 5.69 Å². The molecule has 0 aliphatic heterocycles. The van der Waals surface area contributed by atoms with E-state index in [0.717, 1.165) is 17.8 Å². The summed E-state index contributed by atoms with van der Waals surface area (Å²) in [7, 11) is 1.95. The Bertz CT molecular complexity index is 501. The molecule has 4 heteroatoms. The summed E-state index contributed by atoms with van der Waals surface area (Å²) in [6, 6.07) is 8.96. The Morgan fingerprint density at radius 2 is 1.95 bits per heavy atom. The summed E-state index contributed by atoms with van der Waals surface area (Å²) < 4.78 is 1.92. The third-order valence-corrected chi connectivity index (χ3v) is 3.36. The summed E-state index contributed by atoms with van der Waals surface area (Å²) in [6.45, 7) is 4.45. The van der Waals surface area contributed by atoms with Crippen molar-refractivity contribution in [3.05, 3.63) is 30.6 Å². The van der Waals surface area contributed by atoms with Crippen LogP contribution in [-0.2, 0) is 7.05 Å². The summed E-state index contributed by atoms with van der Waals surface area (Å²) in [4.78, 5) is 0. The smallest absolute Gasteiger partial charge is 0.163 e. The summed E-state index contributed by atoms with van der Waals surface area (Å²) in [5.41, 5.74) is 2.26. The summed E-state index contributed by atoms with van der Waals surface area (Å²) in [6.07, 6.45) is 5.29. The lowest BCUT2D eigenvalue weighted by Crippen LogP contribution is -2.17. The van der Waals surface area contributed by atoms with E-state index in [-0.39, 0.29) is 0 Å². The average Bonchev–Trinajstić information content (AvgIpc) is 2.85. The number of hydrogen-bond donors (Lipinski definition) is 1. The maximum atomic E-state index is 4.11. The second kappa shape index (κ2) is 6.36. The van der Waals surface area contributed by atoms with Gasteiger partial charge in [0.2, 0.25) is 0 Å². The van der Waals surface area contributed by atoms with Crippen LogP contribution in [0.5, 0.6) is 0 Å². The molecule has 1 aromatic heterocycles. The molecule has 0 bridgehead atoms. The second-order valence-electron chi connectivity index (χ2n) is 4.88. The van der Waals surface area contributed by atoms with E-state index < -0.39 is 0 Å². The molecular weight excluding hydrogens is 236 g/mol. The van der Waals surface area contributed by atoms with Gasteiger partial charge in [-0.15, -0.1) is 10.2 Å². The minimum Gasteiger partial charge on any atom is -0.382 e. The highest BCUT2D eigenvalue weighted by Gasteiger charge is 2.06. The zero-order valence-electron chi connectivity index (χ0n) is 11.9. The zero-order valence-corrected chi connectivity index (χ0v) is 11.9. The van der Waals surface area contributed by atoms with Gasteiger partial charge in [0.15, 0.2) is 5.82 Å². The van der Waals surface area contributed by atoms with Gasteiger partial charge < -0.3 is 9.88 Å². The van der Waals surface area contributed by atoms with Crippen molar-refractivity contribution in [2.45, 2.75) is 39.2 Å². The highest BCUT2D eigenvalue weighted by Crippen LogP contribution is 2.20. The van der Waals surface area contributed by atoms with Crippen LogP contribution in [0.15, 0.2) is 30.6 Å². The van der Waals surface area contributed by atoms with Crippen LogP contribution in [0, 0.1) is 0 Å². The predicted octanol–water partition coefficient (Wildman–Crippen LogP) is 3.47. The fraction of sp³-hybridized carbons (Fsp3) is 0.467. The molecule has 0 radical (unpaired) electrons. The van der Waals surface area contributed by atoms with Gasteiger partial charge in [-0.3, -0.25) is 0 Å². The first-order valence-electron chi connectivity index (χ1n) is 6.95. The molecule has 0 saturated heterocycles. The van der Waals surface area contributed by atoms with Crippen molar-refractivity contribution < 1.29 is 0 Å². The molecule has 19 heavy (non-hydrogen) atoms. The van der Waals surface area contributed by atoms with Gasteiger partial charge in [0.1, 0.15) is 6.33 Å². The van der Waals surface area contributed by atoms with Gasteiger partial charge >= 0.3 is 0 Å². The highest BCUT2D eigenvalue weighted by atomic mass is 15.2. The SMILES string of the molecule is CCCC(CC)Nc1ccc(-c2nncn2C)cc1. The molecule has 1 unspecified atom stereocenters. The van der Waals surface area contributed by atoms with E-state index in [1.165, 1.54) is 18.5 Å². The zero-order chi connectivity index (χ0) is 13.7. The molecule has 1 atom stereocenters. The molecule has 0 aliphatic rings. The molecule has 4 nitrogen and oxygen atoms in total. The molecular formula is C15H22N4. The molecule has 1 N–H and O–H groups in total. The molecule has 1 aromatic carbocycles. The van der Waals surface area contributed by atoms with E-state index in [4.69, 9.17) is 0 Å². The molecule has 2 rings (SSSR count). The molecule has 102 valence electrons. The minimum atomic E-state index is 0.561. The van der Waals surface area contributed by atoms with Crippen molar-refractivity contribution in [2.75, 3.05) is 5.32 Å². The van der Waals surface area contributed by atoms with Gasteiger partial charge in [-0.05, 0) is 37.1 Å². The third-order valence-electron chi connectivity index (χ3n) is 3.36. The van der Waals surface area contributed by atoms with Crippen LogP contribution < -0.4 is 5.32 Å². The first-order chi connectivity index (χ1) is 9.24. The maximum Gasteiger partial charge on any atom is 0.163 e. The van der Waals surface area contributed by atoms with E-state index in [2.05, 4.69) is 53.6 Å². The van der Waals surface area contributed by atoms with Crippen molar-refractivity contribution in [1.82, 2.24) is 14.8 Å².